The maximum Gasteiger partial charge on any atom is 0.260 e. The van der Waals surface area contributed by atoms with Crippen LogP contribution in [0.5, 0.6) is 17.2 Å². The lowest BCUT2D eigenvalue weighted by Gasteiger charge is -2.50. The van der Waals surface area contributed by atoms with E-state index in [9.17, 15) is 19.5 Å². The molecule has 1 saturated carbocycles. The number of carbonyl (C=O) groups excluding carboxylic acids is 4. The van der Waals surface area contributed by atoms with Gasteiger partial charge in [-0.25, -0.2) is 0 Å². The van der Waals surface area contributed by atoms with E-state index in [1.54, 1.807) is 79.7 Å². The van der Waals surface area contributed by atoms with E-state index >= 15 is 4.79 Å². The largest absolute Gasteiger partial charge is 0.504 e. The summed E-state index contributed by atoms with van der Waals surface area (Å²) in [6.45, 7) is 2.05. The first-order chi connectivity index (χ1) is 26.0. The number of amides is 4. The average Bonchev–Trinajstić information content (AvgIpc) is 3.54. The van der Waals surface area contributed by atoms with Crippen LogP contribution in [0.1, 0.15) is 36.8 Å². The van der Waals surface area contributed by atoms with Gasteiger partial charge in [-0.2, -0.15) is 5.01 Å². The minimum Gasteiger partial charge on any atom is -0.504 e. The molecule has 54 heavy (non-hydrogen) atoms. The molecule has 0 radical (unpaired) electrons. The van der Waals surface area contributed by atoms with E-state index in [1.165, 1.54) is 24.1 Å². The highest BCUT2D eigenvalue weighted by atomic mass is 35.5. The number of halogens is 3. The number of imide groups is 2. The molecular formula is C41H34Cl3N3O7. The third-order valence-corrected chi connectivity index (χ3v) is 12.1. The molecule has 13 heteroatoms. The molecule has 10 nitrogen and oxygen atoms in total. The summed E-state index contributed by atoms with van der Waals surface area (Å²) in [5, 5.41) is 12.8. The van der Waals surface area contributed by atoms with Crippen molar-refractivity contribution in [2.45, 2.75) is 31.1 Å². The van der Waals surface area contributed by atoms with Gasteiger partial charge in [0.15, 0.2) is 11.5 Å². The molecule has 3 fully saturated rings. The normalized spacial score (nSPS) is 25.9. The number of allylic oxidation sites excluding steroid dienone is 2. The number of methoxy groups -OCH3 is 1. The second-order valence-corrected chi connectivity index (χ2v) is 15.1. The number of ether oxygens (including phenoxy) is 2. The molecule has 4 amide bonds. The fourth-order valence-electron chi connectivity index (χ4n) is 9.04. The van der Waals surface area contributed by atoms with Gasteiger partial charge in [-0.1, -0.05) is 64.7 Å². The van der Waals surface area contributed by atoms with Crippen molar-refractivity contribution in [2.75, 3.05) is 24.0 Å². The van der Waals surface area contributed by atoms with Crippen LogP contribution in [-0.2, 0) is 24.6 Å². The third-order valence-electron chi connectivity index (χ3n) is 11.3. The van der Waals surface area contributed by atoms with Crippen molar-refractivity contribution in [1.29, 1.82) is 0 Å². The van der Waals surface area contributed by atoms with Crippen molar-refractivity contribution in [2.24, 2.45) is 23.7 Å². The molecule has 6 atom stereocenters. The second kappa shape index (κ2) is 13.7. The monoisotopic (exact) mass is 785 g/mol. The van der Waals surface area contributed by atoms with Crippen LogP contribution in [0.4, 0.5) is 11.4 Å². The van der Waals surface area contributed by atoms with Crippen molar-refractivity contribution in [3.8, 4) is 17.2 Å². The fourth-order valence-corrected chi connectivity index (χ4v) is 9.62. The number of phenols is 1. The molecule has 0 spiro atoms. The number of nitrogens with zero attached hydrogens (tertiary/aromatic N) is 2. The van der Waals surface area contributed by atoms with Gasteiger partial charge >= 0.3 is 0 Å². The zero-order valence-corrected chi connectivity index (χ0v) is 31.4. The Morgan fingerprint density at radius 3 is 2.26 bits per heavy atom. The topological polar surface area (TPSA) is 125 Å². The molecule has 4 aromatic carbocycles. The minimum atomic E-state index is -1.56. The number of aromatic hydroxyl groups is 1. The Kier molecular flexibility index (Phi) is 9.11. The molecule has 2 saturated heterocycles. The summed E-state index contributed by atoms with van der Waals surface area (Å²) in [5.41, 5.74) is 4.02. The van der Waals surface area contributed by atoms with Gasteiger partial charge in [0.1, 0.15) is 5.75 Å². The highest BCUT2D eigenvalue weighted by molar-refractivity contribution is 6.36. The molecular weight excluding hydrogens is 753 g/mol. The molecule has 0 aromatic heterocycles. The van der Waals surface area contributed by atoms with Gasteiger partial charge in [0, 0.05) is 16.0 Å². The quantitative estimate of drug-likeness (QED) is 0.136. The van der Waals surface area contributed by atoms with Gasteiger partial charge in [0.05, 0.1) is 53.3 Å². The van der Waals surface area contributed by atoms with Gasteiger partial charge in [-0.3, -0.25) is 29.5 Å². The standard InChI is InChI=1S/C41H34Cl3N3O7/c1-3-54-34-18-21(4-17-33(34)48)36-27-14-15-28-35(39(51)46(37(28)49)25-10-7-23(42)8-11-25)29(27)20-30-38(50)47(45-32-16-9-24(43)19-31(32)44)40(52)41(30,36)22-5-12-26(53-2)13-6-22/h4-14,16-19,28-30,35-36,45,48H,3,15,20H2,1-2H3. The molecule has 2 heterocycles. The van der Waals surface area contributed by atoms with Crippen LogP contribution >= 0.6 is 34.8 Å². The maximum atomic E-state index is 15.4. The second-order valence-electron chi connectivity index (χ2n) is 13.9. The maximum absolute atomic E-state index is 15.4. The van der Waals surface area contributed by atoms with E-state index in [4.69, 9.17) is 44.3 Å². The molecule has 2 N–H and O–H groups in total. The summed E-state index contributed by atoms with van der Waals surface area (Å²) in [7, 11) is 1.54. The first-order valence-corrected chi connectivity index (χ1v) is 18.7. The smallest absolute Gasteiger partial charge is 0.260 e. The van der Waals surface area contributed by atoms with Gasteiger partial charge in [-0.15, -0.1) is 0 Å². The molecule has 0 bridgehead atoms. The van der Waals surface area contributed by atoms with Gasteiger partial charge in [0.25, 0.3) is 11.8 Å². The van der Waals surface area contributed by atoms with Gasteiger partial charge < -0.3 is 14.6 Å². The average molecular weight is 787 g/mol. The number of hydrogen-bond acceptors (Lipinski definition) is 8. The van der Waals surface area contributed by atoms with Crippen molar-refractivity contribution in [3.05, 3.63) is 123 Å². The van der Waals surface area contributed by atoms with Crippen LogP contribution in [0.25, 0.3) is 0 Å². The number of fused-ring (bicyclic) bond motifs is 4. The first-order valence-electron chi connectivity index (χ1n) is 17.5. The Hall–Kier alpha value is -5.03. The molecule has 8 rings (SSSR count). The van der Waals surface area contributed by atoms with Crippen molar-refractivity contribution >= 4 is 69.8 Å². The predicted octanol–water partition coefficient (Wildman–Crippen LogP) is 7.95. The van der Waals surface area contributed by atoms with E-state index < -0.39 is 46.8 Å². The summed E-state index contributed by atoms with van der Waals surface area (Å²) in [6, 6.07) is 23.2. The summed E-state index contributed by atoms with van der Waals surface area (Å²) in [5.74, 6) is -5.04. The zero-order chi connectivity index (χ0) is 38.1. The van der Waals surface area contributed by atoms with Gasteiger partial charge in [0.2, 0.25) is 11.8 Å². The summed E-state index contributed by atoms with van der Waals surface area (Å²) >= 11 is 18.9. The Balaban J connectivity index is 1.34. The SMILES string of the molecule is CCOc1cc(C2C3=CCC4C(=O)N(c5ccc(Cl)cc5)C(=O)C4C3CC3C(=O)N(Nc4ccc(Cl)cc4Cl)C(=O)C32c2ccc(OC)cc2)ccc1O. The van der Waals surface area contributed by atoms with E-state index in [1.807, 2.05) is 6.08 Å². The third kappa shape index (κ3) is 5.45. The van der Waals surface area contributed by atoms with Crippen LogP contribution < -0.4 is 19.8 Å². The Labute approximate surface area is 326 Å². The zero-order valence-electron chi connectivity index (χ0n) is 29.1. The molecule has 4 aliphatic rings. The number of benzene rings is 4. The highest BCUT2D eigenvalue weighted by Gasteiger charge is 2.70. The lowest BCUT2D eigenvalue weighted by atomic mass is 9.49. The lowest BCUT2D eigenvalue weighted by Crippen LogP contribution is -2.53. The summed E-state index contributed by atoms with van der Waals surface area (Å²) < 4.78 is 11.3. The van der Waals surface area contributed by atoms with Crippen molar-refractivity contribution in [1.82, 2.24) is 5.01 Å². The molecule has 4 aromatic rings. The number of rotatable bonds is 8. The van der Waals surface area contributed by atoms with E-state index in [0.717, 1.165) is 10.6 Å². The van der Waals surface area contributed by atoms with E-state index in [-0.39, 0.29) is 53.5 Å². The van der Waals surface area contributed by atoms with E-state index in [0.29, 0.717) is 32.6 Å². The highest BCUT2D eigenvalue weighted by Crippen LogP contribution is 2.64. The van der Waals surface area contributed by atoms with Crippen LogP contribution in [0, 0.1) is 23.7 Å². The molecule has 6 unspecified atom stereocenters. The van der Waals surface area contributed by atoms with Gasteiger partial charge in [-0.05, 0) is 104 Å². The lowest BCUT2D eigenvalue weighted by molar-refractivity contribution is -0.138. The number of nitrogens with one attached hydrogen (secondary N) is 1. The predicted molar refractivity (Wildman–Crippen MR) is 204 cm³/mol. The number of hydrazine groups is 1. The Morgan fingerprint density at radius 1 is 0.852 bits per heavy atom. The van der Waals surface area contributed by atoms with Crippen molar-refractivity contribution < 1.29 is 33.8 Å². The summed E-state index contributed by atoms with van der Waals surface area (Å²) in [6.07, 6.45) is 2.30. The Bertz CT molecular complexity index is 2250. The minimum absolute atomic E-state index is 0.0923. The van der Waals surface area contributed by atoms with E-state index in [2.05, 4.69) is 5.43 Å². The molecule has 276 valence electrons. The molecule has 2 aliphatic heterocycles. The van der Waals surface area contributed by atoms with Crippen molar-refractivity contribution in [3.63, 3.8) is 0 Å². The number of phenolic OH excluding ortho intramolecular Hbond substituents is 1. The summed E-state index contributed by atoms with van der Waals surface area (Å²) in [4.78, 5) is 60.2. The van der Waals surface area contributed by atoms with Crippen LogP contribution in [0.3, 0.4) is 0 Å². The number of hydrogen-bond donors (Lipinski definition) is 2. The number of carbonyl (C=O) groups is 4. The number of anilines is 2. The van der Waals surface area contributed by atoms with Crippen LogP contribution in [0.15, 0.2) is 96.6 Å². The molecule has 2 aliphatic carbocycles. The van der Waals surface area contributed by atoms with Crippen LogP contribution in [-0.4, -0.2) is 47.5 Å². The fraction of sp³-hybridized carbons (Fsp3) is 0.268. The van der Waals surface area contributed by atoms with Crippen LogP contribution in [0.2, 0.25) is 15.1 Å². The first kappa shape index (κ1) is 36.0. The Morgan fingerprint density at radius 2 is 1.57 bits per heavy atom.